The third-order valence-corrected chi connectivity index (χ3v) is 3.19. The molecule has 21 heavy (non-hydrogen) atoms. The second-order valence-electron chi connectivity index (χ2n) is 4.68. The Balaban J connectivity index is 2.43. The molecule has 1 heterocycles. The molecule has 1 aliphatic heterocycles. The Hall–Kier alpha value is -2.09. The molecular weight excluding hydrogens is 289 g/mol. The highest BCUT2D eigenvalue weighted by Crippen LogP contribution is 2.41. The van der Waals surface area contributed by atoms with Crippen LogP contribution in [0.4, 0.5) is 13.2 Å². The number of aromatic hydroxyl groups is 1. The van der Waals surface area contributed by atoms with Crippen LogP contribution in [0.5, 0.6) is 5.75 Å². The molecule has 1 aliphatic rings. The fraction of sp³-hybridized carbons (Fsp3) is 0.385. The summed E-state index contributed by atoms with van der Waals surface area (Å²) in [4.78, 5) is 12.2. The quantitative estimate of drug-likeness (QED) is 0.880. The molecule has 8 heteroatoms. The van der Waals surface area contributed by atoms with Crippen LogP contribution in [0, 0.1) is 0 Å². The molecule has 1 unspecified atom stereocenters. The highest BCUT2D eigenvalue weighted by atomic mass is 19.4. The molecule has 1 aromatic carbocycles. The number of halogens is 3. The van der Waals surface area contributed by atoms with E-state index in [1.165, 1.54) is 18.2 Å². The average Bonchev–Trinajstić information content (AvgIpc) is 2.76. The third-order valence-electron chi connectivity index (χ3n) is 3.19. The Labute approximate surface area is 118 Å². The number of amides is 1. The van der Waals surface area contributed by atoms with E-state index in [0.29, 0.717) is 0 Å². The molecule has 2 N–H and O–H groups in total. The van der Waals surface area contributed by atoms with E-state index in [2.05, 4.69) is 5.10 Å². The van der Waals surface area contributed by atoms with Crippen LogP contribution in [-0.2, 0) is 0 Å². The maximum atomic E-state index is 13.1. The number of hydrogen-bond acceptors (Lipinski definition) is 4. The van der Waals surface area contributed by atoms with Crippen LogP contribution in [0.15, 0.2) is 29.4 Å². The van der Waals surface area contributed by atoms with E-state index in [4.69, 9.17) is 0 Å². The number of carbonyl (C=O) groups excluding carboxylic acids is 1. The standard InChI is InChI=1S/C13H13F3N2O3/c1-2-9-7-12(21,13(14,15)16)18(17-9)11(20)8-4-3-5-10(19)6-8/h3-6,19,21H,2,7H2,1H3. The molecule has 0 fully saturated rings. The van der Waals surface area contributed by atoms with Crippen LogP contribution >= 0.6 is 0 Å². The van der Waals surface area contributed by atoms with Gasteiger partial charge in [0, 0.05) is 17.7 Å². The van der Waals surface area contributed by atoms with Gasteiger partial charge in [0.2, 0.25) is 0 Å². The normalized spacial score (nSPS) is 22.3. The van der Waals surface area contributed by atoms with Gasteiger partial charge < -0.3 is 10.2 Å². The smallest absolute Gasteiger partial charge is 0.438 e. The number of aliphatic hydroxyl groups is 1. The average molecular weight is 302 g/mol. The van der Waals surface area contributed by atoms with Gasteiger partial charge in [0.25, 0.3) is 11.6 Å². The fourth-order valence-corrected chi connectivity index (χ4v) is 2.01. The summed E-state index contributed by atoms with van der Waals surface area (Å²) in [6.45, 7) is 1.58. The minimum atomic E-state index is -5.04. The van der Waals surface area contributed by atoms with Gasteiger partial charge in [-0.2, -0.15) is 23.3 Å². The van der Waals surface area contributed by atoms with Gasteiger partial charge in [-0.25, -0.2) is 0 Å². The summed E-state index contributed by atoms with van der Waals surface area (Å²) in [5.74, 6) is -1.40. The summed E-state index contributed by atoms with van der Waals surface area (Å²) < 4.78 is 39.3. The maximum absolute atomic E-state index is 13.1. The monoisotopic (exact) mass is 302 g/mol. The van der Waals surface area contributed by atoms with Crippen LogP contribution in [0.25, 0.3) is 0 Å². The number of nitrogens with zero attached hydrogens (tertiary/aromatic N) is 2. The molecule has 1 amide bonds. The van der Waals surface area contributed by atoms with E-state index >= 15 is 0 Å². The first kappa shape index (κ1) is 15.3. The van der Waals surface area contributed by atoms with Gasteiger partial charge >= 0.3 is 6.18 Å². The van der Waals surface area contributed by atoms with Gasteiger partial charge in [-0.3, -0.25) is 4.79 Å². The predicted molar refractivity (Wildman–Crippen MR) is 67.6 cm³/mol. The van der Waals surface area contributed by atoms with Crippen molar-refractivity contribution in [1.29, 1.82) is 0 Å². The van der Waals surface area contributed by atoms with E-state index in [1.54, 1.807) is 6.92 Å². The molecule has 0 bridgehead atoms. The van der Waals surface area contributed by atoms with E-state index < -0.39 is 24.2 Å². The number of phenols is 1. The van der Waals surface area contributed by atoms with E-state index in [9.17, 15) is 28.2 Å². The number of benzene rings is 1. The van der Waals surface area contributed by atoms with Crippen LogP contribution < -0.4 is 0 Å². The number of rotatable bonds is 2. The lowest BCUT2D eigenvalue weighted by atomic mass is 10.0. The summed E-state index contributed by atoms with van der Waals surface area (Å²) in [6.07, 6.45) is -5.64. The van der Waals surface area contributed by atoms with E-state index in [1.807, 2.05) is 0 Å². The largest absolute Gasteiger partial charge is 0.508 e. The van der Waals surface area contributed by atoms with Crippen LogP contribution in [0.2, 0.25) is 0 Å². The second kappa shape index (κ2) is 5.03. The first-order valence-electron chi connectivity index (χ1n) is 6.18. The van der Waals surface area contributed by atoms with Gasteiger partial charge in [0.1, 0.15) is 5.75 Å². The Morgan fingerprint density at radius 2 is 2.14 bits per heavy atom. The summed E-state index contributed by atoms with van der Waals surface area (Å²) in [7, 11) is 0. The van der Waals surface area contributed by atoms with Crippen LogP contribution in [0.3, 0.4) is 0 Å². The first-order valence-corrected chi connectivity index (χ1v) is 6.18. The van der Waals surface area contributed by atoms with Gasteiger partial charge in [0.05, 0.1) is 0 Å². The van der Waals surface area contributed by atoms with Crippen molar-refractivity contribution < 1.29 is 28.2 Å². The van der Waals surface area contributed by atoms with Crippen molar-refractivity contribution in [3.63, 3.8) is 0 Å². The van der Waals surface area contributed by atoms with Gasteiger partial charge in [-0.1, -0.05) is 13.0 Å². The fourth-order valence-electron chi connectivity index (χ4n) is 2.01. The zero-order valence-corrected chi connectivity index (χ0v) is 11.1. The number of carbonyl (C=O) groups is 1. The molecule has 1 atom stereocenters. The molecular formula is C13H13F3N2O3. The zero-order chi connectivity index (χ0) is 15.8. The summed E-state index contributed by atoms with van der Waals surface area (Å²) in [5.41, 5.74) is -3.48. The highest BCUT2D eigenvalue weighted by Gasteiger charge is 2.63. The van der Waals surface area contributed by atoms with E-state index in [-0.39, 0.29) is 28.5 Å². The molecule has 0 aromatic heterocycles. The molecule has 0 spiro atoms. The minimum Gasteiger partial charge on any atom is -0.508 e. The minimum absolute atomic E-state index is 0.0423. The Kier molecular flexibility index (Phi) is 3.66. The molecule has 0 saturated heterocycles. The van der Waals surface area contributed by atoms with Crippen molar-refractivity contribution in [1.82, 2.24) is 5.01 Å². The topological polar surface area (TPSA) is 73.1 Å². The van der Waals surface area contributed by atoms with Gasteiger partial charge in [0.15, 0.2) is 0 Å². The van der Waals surface area contributed by atoms with Crippen molar-refractivity contribution in [2.45, 2.75) is 31.7 Å². The Morgan fingerprint density at radius 3 is 2.67 bits per heavy atom. The third kappa shape index (κ3) is 2.58. The predicted octanol–water partition coefficient (Wildman–Crippen LogP) is 2.25. The van der Waals surface area contributed by atoms with Crippen molar-refractivity contribution in [3.8, 4) is 5.75 Å². The number of phenolic OH excluding ortho intramolecular Hbond substituents is 1. The lowest BCUT2D eigenvalue weighted by Gasteiger charge is -2.32. The van der Waals surface area contributed by atoms with Crippen LogP contribution in [-0.4, -0.2) is 38.7 Å². The second-order valence-corrected chi connectivity index (χ2v) is 4.68. The lowest BCUT2D eigenvalue weighted by Crippen LogP contribution is -2.56. The molecule has 0 saturated carbocycles. The number of hydrogen-bond donors (Lipinski definition) is 2. The molecule has 2 rings (SSSR count). The molecule has 5 nitrogen and oxygen atoms in total. The molecule has 114 valence electrons. The molecule has 0 aliphatic carbocycles. The number of alkyl halides is 3. The van der Waals surface area contributed by atoms with Crippen molar-refractivity contribution in [2.75, 3.05) is 0 Å². The summed E-state index contributed by atoms with van der Waals surface area (Å²) >= 11 is 0. The Morgan fingerprint density at radius 1 is 1.48 bits per heavy atom. The van der Waals surface area contributed by atoms with Crippen molar-refractivity contribution in [3.05, 3.63) is 29.8 Å². The molecule has 1 aromatic rings. The highest BCUT2D eigenvalue weighted by molar-refractivity contribution is 5.98. The zero-order valence-electron chi connectivity index (χ0n) is 11.1. The van der Waals surface area contributed by atoms with Crippen molar-refractivity contribution in [2.24, 2.45) is 5.10 Å². The SMILES string of the molecule is CCC1=NN(C(=O)c2cccc(O)c2)C(O)(C(F)(F)F)C1. The Bertz CT molecular complexity index is 601. The van der Waals surface area contributed by atoms with Gasteiger partial charge in [-0.15, -0.1) is 0 Å². The number of hydrazone groups is 1. The summed E-state index contributed by atoms with van der Waals surface area (Å²) in [5, 5.41) is 22.8. The summed E-state index contributed by atoms with van der Waals surface area (Å²) in [6, 6.07) is 4.84. The van der Waals surface area contributed by atoms with Gasteiger partial charge in [-0.05, 0) is 24.6 Å². The van der Waals surface area contributed by atoms with Crippen molar-refractivity contribution >= 4 is 11.6 Å². The lowest BCUT2D eigenvalue weighted by molar-refractivity contribution is -0.297. The van der Waals surface area contributed by atoms with E-state index in [0.717, 1.165) is 6.07 Å². The maximum Gasteiger partial charge on any atom is 0.438 e. The molecule has 0 radical (unpaired) electrons. The van der Waals surface area contributed by atoms with Crippen LogP contribution in [0.1, 0.15) is 30.1 Å². The first-order chi connectivity index (χ1) is 9.69.